The fourth-order valence-electron chi connectivity index (χ4n) is 2.17. The minimum atomic E-state index is -0.338. The molecule has 0 spiro atoms. The van der Waals surface area contributed by atoms with E-state index in [2.05, 4.69) is 5.32 Å². The van der Waals surface area contributed by atoms with Gasteiger partial charge < -0.3 is 20.7 Å². The van der Waals surface area contributed by atoms with Crippen LogP contribution < -0.4 is 11.1 Å². The molecule has 0 aliphatic carbocycles. The maximum atomic E-state index is 12.3. The fourth-order valence-corrected chi connectivity index (χ4v) is 2.69. The van der Waals surface area contributed by atoms with Crippen LogP contribution in [0.15, 0.2) is 18.2 Å². The van der Waals surface area contributed by atoms with Gasteiger partial charge in [-0.2, -0.15) is 0 Å². The third-order valence-electron chi connectivity index (χ3n) is 3.31. The zero-order valence-electron chi connectivity index (χ0n) is 11.8. The Bertz CT molecular complexity index is 547. The van der Waals surface area contributed by atoms with Crippen molar-refractivity contribution < 1.29 is 9.53 Å². The summed E-state index contributed by atoms with van der Waals surface area (Å²) < 4.78 is 5.24. The molecule has 1 aliphatic rings. The summed E-state index contributed by atoms with van der Waals surface area (Å²) in [7, 11) is 0. The molecule has 0 aromatic heterocycles. The first-order valence-corrected chi connectivity index (χ1v) is 7.50. The minimum absolute atomic E-state index is 0.0489. The Hall–Kier alpha value is -1.37. The molecule has 0 saturated carbocycles. The smallest absolute Gasteiger partial charge is 0.244 e. The topological polar surface area (TPSA) is 67.6 Å². The van der Waals surface area contributed by atoms with Crippen molar-refractivity contribution in [3.05, 3.63) is 28.8 Å². The number of carbonyl (C=O) groups is 1. The molecule has 2 rings (SSSR count). The van der Waals surface area contributed by atoms with Gasteiger partial charge in [0.15, 0.2) is 0 Å². The van der Waals surface area contributed by atoms with Crippen LogP contribution in [-0.4, -0.2) is 48.1 Å². The van der Waals surface area contributed by atoms with Crippen LogP contribution in [-0.2, 0) is 9.53 Å². The molecule has 3 N–H and O–H groups in total. The monoisotopic (exact) mass is 327 g/mol. The number of nitrogens with one attached hydrogen (secondary N) is 1. The molecule has 1 saturated heterocycles. The van der Waals surface area contributed by atoms with Crippen LogP contribution in [0.5, 0.6) is 0 Å². The molecule has 7 heteroatoms. The predicted octanol–water partition coefficient (Wildman–Crippen LogP) is 1.63. The summed E-state index contributed by atoms with van der Waals surface area (Å²) in [5.41, 5.74) is 6.95. The quantitative estimate of drug-likeness (QED) is 0.823. The lowest BCUT2D eigenvalue weighted by molar-refractivity contribution is -0.135. The Kier molecular flexibility index (Phi) is 5.39. The zero-order chi connectivity index (χ0) is 15.4. The molecule has 1 atom stereocenters. The second kappa shape index (κ2) is 7.06. The maximum absolute atomic E-state index is 12.3. The Labute approximate surface area is 134 Å². The number of rotatable bonds is 4. The number of nitrogens with two attached hydrogens (primary N) is 1. The van der Waals surface area contributed by atoms with Gasteiger partial charge in [-0.15, -0.1) is 0 Å². The molecule has 1 heterocycles. The first-order valence-electron chi connectivity index (χ1n) is 6.71. The highest BCUT2D eigenvalue weighted by Gasteiger charge is 2.22. The summed E-state index contributed by atoms with van der Waals surface area (Å²) in [6.45, 7) is 4.27. The van der Waals surface area contributed by atoms with Crippen molar-refractivity contribution in [3.63, 3.8) is 0 Å². The summed E-state index contributed by atoms with van der Waals surface area (Å²) in [5.74, 6) is 0.0489. The molecule has 1 aromatic rings. The van der Waals surface area contributed by atoms with Gasteiger partial charge in [0.25, 0.3) is 0 Å². The minimum Gasteiger partial charge on any atom is -0.389 e. The molecule has 1 aromatic carbocycles. The highest BCUT2D eigenvalue weighted by atomic mass is 35.5. The van der Waals surface area contributed by atoms with E-state index in [4.69, 9.17) is 34.3 Å². The van der Waals surface area contributed by atoms with Gasteiger partial charge in [-0.3, -0.25) is 4.79 Å². The average molecular weight is 328 g/mol. The molecule has 1 amide bonds. The SMILES string of the molecule is CC(Nc1ccc(C(N)=S)c(Cl)c1)C(=O)N1CCOCC1. The van der Waals surface area contributed by atoms with E-state index >= 15 is 0 Å². The largest absolute Gasteiger partial charge is 0.389 e. The maximum Gasteiger partial charge on any atom is 0.244 e. The summed E-state index contributed by atoms with van der Waals surface area (Å²) in [6, 6.07) is 4.94. The summed E-state index contributed by atoms with van der Waals surface area (Å²) >= 11 is 11.0. The number of carbonyl (C=O) groups excluding carboxylic acids is 1. The fraction of sp³-hybridized carbons (Fsp3) is 0.429. The number of ether oxygens (including phenoxy) is 1. The average Bonchev–Trinajstić information content (AvgIpc) is 2.47. The molecule has 1 fully saturated rings. The zero-order valence-corrected chi connectivity index (χ0v) is 13.3. The molecule has 5 nitrogen and oxygen atoms in total. The lowest BCUT2D eigenvalue weighted by Gasteiger charge is -2.29. The molecule has 0 bridgehead atoms. The van der Waals surface area contributed by atoms with Crippen LogP contribution in [0.25, 0.3) is 0 Å². The Balaban J connectivity index is 2.01. The van der Waals surface area contributed by atoms with Crippen molar-refractivity contribution in [2.75, 3.05) is 31.6 Å². The Morgan fingerprint density at radius 3 is 2.71 bits per heavy atom. The molecule has 1 aliphatic heterocycles. The van der Waals surface area contributed by atoms with Gasteiger partial charge >= 0.3 is 0 Å². The van der Waals surface area contributed by atoms with E-state index in [-0.39, 0.29) is 16.9 Å². The normalized spacial score (nSPS) is 16.4. The second-order valence-electron chi connectivity index (χ2n) is 4.86. The van der Waals surface area contributed by atoms with Crippen molar-refractivity contribution in [1.82, 2.24) is 4.90 Å². The summed E-state index contributed by atoms with van der Waals surface area (Å²) in [6.07, 6.45) is 0. The number of anilines is 1. The molecular formula is C14H18ClN3O2S. The standard InChI is InChI=1S/C14H18ClN3O2S/c1-9(14(19)18-4-6-20-7-5-18)17-10-2-3-11(13(16)21)12(15)8-10/h2-3,8-9,17H,4-7H2,1H3,(H2,16,21). The molecular weight excluding hydrogens is 310 g/mol. The van der Waals surface area contributed by atoms with E-state index in [9.17, 15) is 4.79 Å². The lowest BCUT2D eigenvalue weighted by Crippen LogP contribution is -2.47. The van der Waals surface area contributed by atoms with Gasteiger partial charge in [0.1, 0.15) is 11.0 Å². The highest BCUT2D eigenvalue weighted by molar-refractivity contribution is 7.80. The van der Waals surface area contributed by atoms with Gasteiger partial charge in [-0.1, -0.05) is 23.8 Å². The van der Waals surface area contributed by atoms with Crippen LogP contribution in [0.3, 0.4) is 0 Å². The number of nitrogens with zero attached hydrogens (tertiary/aromatic N) is 1. The molecule has 21 heavy (non-hydrogen) atoms. The van der Waals surface area contributed by atoms with Crippen molar-refractivity contribution in [1.29, 1.82) is 0 Å². The summed E-state index contributed by atoms with van der Waals surface area (Å²) in [4.78, 5) is 14.3. The third kappa shape index (κ3) is 4.06. The van der Waals surface area contributed by atoms with Crippen LogP contribution >= 0.6 is 23.8 Å². The molecule has 0 radical (unpaired) electrons. The van der Waals surface area contributed by atoms with E-state index in [1.165, 1.54) is 0 Å². The van der Waals surface area contributed by atoms with Crippen molar-refractivity contribution >= 4 is 40.4 Å². The third-order valence-corrected chi connectivity index (χ3v) is 3.84. The van der Waals surface area contributed by atoms with Gasteiger partial charge in [-0.25, -0.2) is 0 Å². The van der Waals surface area contributed by atoms with Gasteiger partial charge in [0.2, 0.25) is 5.91 Å². The Morgan fingerprint density at radius 2 is 2.14 bits per heavy atom. The van der Waals surface area contributed by atoms with Crippen LogP contribution in [0.4, 0.5) is 5.69 Å². The van der Waals surface area contributed by atoms with Crippen LogP contribution in [0.1, 0.15) is 12.5 Å². The van der Waals surface area contributed by atoms with Crippen LogP contribution in [0, 0.1) is 0 Å². The number of hydrogen-bond donors (Lipinski definition) is 2. The van der Waals surface area contributed by atoms with Crippen molar-refractivity contribution in [2.24, 2.45) is 5.73 Å². The number of hydrogen-bond acceptors (Lipinski definition) is 4. The van der Waals surface area contributed by atoms with Crippen molar-refractivity contribution in [3.8, 4) is 0 Å². The lowest BCUT2D eigenvalue weighted by atomic mass is 10.2. The molecule has 114 valence electrons. The first-order chi connectivity index (χ1) is 9.99. The van der Waals surface area contributed by atoms with E-state index in [1.54, 1.807) is 17.0 Å². The van der Waals surface area contributed by atoms with Gasteiger partial charge in [0, 0.05) is 24.3 Å². The van der Waals surface area contributed by atoms with Crippen molar-refractivity contribution in [2.45, 2.75) is 13.0 Å². The van der Waals surface area contributed by atoms with E-state index < -0.39 is 0 Å². The highest BCUT2D eigenvalue weighted by Crippen LogP contribution is 2.21. The van der Waals surface area contributed by atoms with E-state index in [0.717, 1.165) is 5.69 Å². The predicted molar refractivity (Wildman–Crippen MR) is 87.8 cm³/mol. The van der Waals surface area contributed by atoms with Gasteiger partial charge in [-0.05, 0) is 25.1 Å². The van der Waals surface area contributed by atoms with Crippen LogP contribution in [0.2, 0.25) is 5.02 Å². The molecule has 1 unspecified atom stereocenters. The van der Waals surface area contributed by atoms with E-state index in [0.29, 0.717) is 36.9 Å². The summed E-state index contributed by atoms with van der Waals surface area (Å²) in [5, 5.41) is 3.62. The number of amides is 1. The Morgan fingerprint density at radius 1 is 1.48 bits per heavy atom. The number of thiocarbonyl (C=S) groups is 1. The second-order valence-corrected chi connectivity index (χ2v) is 5.71. The number of morpholine rings is 1. The number of halogens is 1. The van der Waals surface area contributed by atoms with Gasteiger partial charge in [0.05, 0.1) is 18.2 Å². The first kappa shape index (κ1) is 16.0. The van der Waals surface area contributed by atoms with E-state index in [1.807, 2.05) is 13.0 Å². The number of benzene rings is 1.